The van der Waals surface area contributed by atoms with Crippen LogP contribution in [0.25, 0.3) is 0 Å². The van der Waals surface area contributed by atoms with Gasteiger partial charge < -0.3 is 0 Å². The maximum atomic E-state index is 11.5. The van der Waals surface area contributed by atoms with Gasteiger partial charge in [-0.3, -0.25) is 14.6 Å². The molecule has 1 aromatic carbocycles. The van der Waals surface area contributed by atoms with Crippen LogP contribution in [0.5, 0.6) is 0 Å². The number of rotatable bonds is 3. The molecule has 0 bridgehead atoms. The Morgan fingerprint density at radius 2 is 1.90 bits per heavy atom. The smallest absolute Gasteiger partial charge is 0.134 e. The molecule has 0 N–H and O–H groups in total. The van der Waals surface area contributed by atoms with E-state index in [1.807, 2.05) is 0 Å². The van der Waals surface area contributed by atoms with Crippen molar-refractivity contribution >= 4 is 5.78 Å². The molecule has 0 amide bonds. The topological polar surface area (TPSA) is 23.6 Å². The van der Waals surface area contributed by atoms with Gasteiger partial charge in [0.25, 0.3) is 0 Å². The molecule has 1 unspecified atom stereocenters. The number of Topliss-reactive ketones (excluding diaryl/α,β-unsaturated/α-hetero) is 1. The lowest BCUT2D eigenvalue weighted by Gasteiger charge is -2.26. The maximum Gasteiger partial charge on any atom is 0.134 e. The van der Waals surface area contributed by atoms with Crippen LogP contribution < -0.4 is 0 Å². The molecule has 2 aliphatic rings. The number of nitrogens with zero attached hydrogens (tertiary/aromatic N) is 2. The summed E-state index contributed by atoms with van der Waals surface area (Å²) in [6.07, 6.45) is 3.89. The molecule has 1 atom stereocenters. The van der Waals surface area contributed by atoms with E-state index >= 15 is 0 Å². The van der Waals surface area contributed by atoms with E-state index < -0.39 is 0 Å². The molecular weight excluding hydrogens is 248 g/mol. The summed E-state index contributed by atoms with van der Waals surface area (Å²) in [6, 6.07) is 11.2. The van der Waals surface area contributed by atoms with E-state index in [2.05, 4.69) is 40.1 Å². The van der Waals surface area contributed by atoms with Crippen molar-refractivity contribution in [3.05, 3.63) is 35.9 Å². The lowest BCUT2D eigenvalue weighted by molar-refractivity contribution is -0.117. The molecule has 1 aromatic rings. The third kappa shape index (κ3) is 3.47. The van der Waals surface area contributed by atoms with Crippen LogP contribution in [0.1, 0.15) is 31.2 Å². The first-order valence-corrected chi connectivity index (χ1v) is 7.83. The number of carbonyl (C=O) groups is 1. The van der Waals surface area contributed by atoms with Crippen LogP contribution in [0.3, 0.4) is 0 Å². The Bertz CT molecular complexity index is 446. The standard InChI is InChI=1S/C17H24N2O/c20-17-8-7-16(13-17)19-10-4-9-18(11-12-19)14-15-5-2-1-3-6-15/h1-3,5-6,16H,4,7-14H2. The minimum atomic E-state index is 0.459. The normalized spacial score (nSPS) is 25.8. The van der Waals surface area contributed by atoms with E-state index in [1.54, 1.807) is 0 Å². The number of carbonyl (C=O) groups excluding carboxylic acids is 1. The van der Waals surface area contributed by atoms with Gasteiger partial charge >= 0.3 is 0 Å². The fraction of sp³-hybridized carbons (Fsp3) is 0.588. The molecule has 1 heterocycles. The minimum absolute atomic E-state index is 0.459. The third-order valence-corrected chi connectivity index (χ3v) is 4.61. The molecule has 1 aliphatic heterocycles. The van der Waals surface area contributed by atoms with E-state index in [9.17, 15) is 4.79 Å². The summed E-state index contributed by atoms with van der Waals surface area (Å²) in [7, 11) is 0. The molecule has 3 rings (SSSR count). The van der Waals surface area contributed by atoms with E-state index in [0.29, 0.717) is 11.8 Å². The van der Waals surface area contributed by atoms with Crippen LogP contribution in [0.2, 0.25) is 0 Å². The van der Waals surface area contributed by atoms with Gasteiger partial charge in [0.15, 0.2) is 0 Å². The Labute approximate surface area is 121 Å². The summed E-state index contributed by atoms with van der Waals surface area (Å²) in [4.78, 5) is 16.5. The number of benzene rings is 1. The highest BCUT2D eigenvalue weighted by Crippen LogP contribution is 2.22. The van der Waals surface area contributed by atoms with Gasteiger partial charge in [0.1, 0.15) is 5.78 Å². The van der Waals surface area contributed by atoms with Crippen LogP contribution in [-0.2, 0) is 11.3 Å². The van der Waals surface area contributed by atoms with E-state index in [-0.39, 0.29) is 0 Å². The monoisotopic (exact) mass is 272 g/mol. The second kappa shape index (κ2) is 6.51. The highest BCUT2D eigenvalue weighted by molar-refractivity contribution is 5.81. The summed E-state index contributed by atoms with van der Waals surface area (Å²) in [5.74, 6) is 0.459. The van der Waals surface area contributed by atoms with Gasteiger partial charge in [-0.15, -0.1) is 0 Å². The van der Waals surface area contributed by atoms with Crippen molar-refractivity contribution in [2.45, 2.75) is 38.3 Å². The SMILES string of the molecule is O=C1CCC(N2CCCN(Cc3ccccc3)CC2)C1. The lowest BCUT2D eigenvalue weighted by Crippen LogP contribution is -2.37. The molecule has 0 aromatic heterocycles. The van der Waals surface area contributed by atoms with Gasteiger partial charge in [-0.05, 0) is 31.5 Å². The van der Waals surface area contributed by atoms with Gasteiger partial charge in [-0.1, -0.05) is 30.3 Å². The average molecular weight is 272 g/mol. The largest absolute Gasteiger partial charge is 0.300 e. The van der Waals surface area contributed by atoms with Crippen LogP contribution in [-0.4, -0.2) is 47.8 Å². The molecule has 1 saturated heterocycles. The number of ketones is 1. The molecular formula is C17H24N2O. The summed E-state index contributed by atoms with van der Waals surface area (Å²) >= 11 is 0. The minimum Gasteiger partial charge on any atom is -0.300 e. The molecule has 20 heavy (non-hydrogen) atoms. The number of hydrogen-bond acceptors (Lipinski definition) is 3. The predicted molar refractivity (Wildman–Crippen MR) is 80.6 cm³/mol. The van der Waals surface area contributed by atoms with Crippen LogP contribution in [0.15, 0.2) is 30.3 Å². The summed E-state index contributed by atoms with van der Waals surface area (Å²) in [5.41, 5.74) is 1.40. The third-order valence-electron chi connectivity index (χ3n) is 4.61. The quantitative estimate of drug-likeness (QED) is 0.843. The molecule has 3 nitrogen and oxygen atoms in total. The Morgan fingerprint density at radius 1 is 1.05 bits per heavy atom. The first-order valence-electron chi connectivity index (χ1n) is 7.83. The predicted octanol–water partition coefficient (Wildman–Crippen LogP) is 2.32. The van der Waals surface area contributed by atoms with Crippen molar-refractivity contribution in [2.24, 2.45) is 0 Å². The van der Waals surface area contributed by atoms with Crippen molar-refractivity contribution in [1.29, 1.82) is 0 Å². The number of hydrogen-bond donors (Lipinski definition) is 0. The first-order chi connectivity index (χ1) is 9.81. The maximum absolute atomic E-state index is 11.5. The van der Waals surface area contributed by atoms with Crippen molar-refractivity contribution in [1.82, 2.24) is 9.80 Å². The Morgan fingerprint density at radius 3 is 2.65 bits per heavy atom. The second-order valence-corrected chi connectivity index (χ2v) is 6.09. The van der Waals surface area contributed by atoms with Crippen molar-refractivity contribution < 1.29 is 4.79 Å². The highest BCUT2D eigenvalue weighted by atomic mass is 16.1. The van der Waals surface area contributed by atoms with Crippen LogP contribution in [0, 0.1) is 0 Å². The fourth-order valence-corrected chi connectivity index (χ4v) is 3.46. The van der Waals surface area contributed by atoms with Gasteiger partial charge in [0.05, 0.1) is 0 Å². The molecule has 0 radical (unpaired) electrons. The van der Waals surface area contributed by atoms with Gasteiger partial charge in [-0.2, -0.15) is 0 Å². The fourth-order valence-electron chi connectivity index (χ4n) is 3.46. The van der Waals surface area contributed by atoms with Crippen LogP contribution in [0.4, 0.5) is 0 Å². The zero-order valence-corrected chi connectivity index (χ0v) is 12.1. The molecule has 3 heteroatoms. The zero-order valence-electron chi connectivity index (χ0n) is 12.1. The zero-order chi connectivity index (χ0) is 13.8. The molecule has 0 spiro atoms. The Kier molecular flexibility index (Phi) is 4.48. The Hall–Kier alpha value is -1.19. The Balaban J connectivity index is 1.53. The van der Waals surface area contributed by atoms with E-state index in [1.165, 1.54) is 18.5 Å². The van der Waals surface area contributed by atoms with Gasteiger partial charge in [0.2, 0.25) is 0 Å². The lowest BCUT2D eigenvalue weighted by atomic mass is 10.2. The van der Waals surface area contributed by atoms with E-state index in [4.69, 9.17) is 0 Å². The van der Waals surface area contributed by atoms with Gasteiger partial charge in [-0.25, -0.2) is 0 Å². The van der Waals surface area contributed by atoms with Crippen molar-refractivity contribution in [3.63, 3.8) is 0 Å². The van der Waals surface area contributed by atoms with Crippen molar-refractivity contribution in [2.75, 3.05) is 26.2 Å². The average Bonchev–Trinajstić information content (AvgIpc) is 2.76. The highest BCUT2D eigenvalue weighted by Gasteiger charge is 2.28. The molecule has 108 valence electrons. The van der Waals surface area contributed by atoms with Gasteiger partial charge in [0, 0.05) is 38.5 Å². The molecule has 1 saturated carbocycles. The molecule has 2 fully saturated rings. The summed E-state index contributed by atoms with van der Waals surface area (Å²) in [5, 5.41) is 0. The first kappa shape index (κ1) is 13.8. The molecule has 1 aliphatic carbocycles. The van der Waals surface area contributed by atoms with E-state index in [0.717, 1.165) is 45.4 Å². The second-order valence-electron chi connectivity index (χ2n) is 6.09. The van der Waals surface area contributed by atoms with Crippen LogP contribution >= 0.6 is 0 Å². The van der Waals surface area contributed by atoms with Crippen molar-refractivity contribution in [3.8, 4) is 0 Å². The summed E-state index contributed by atoms with van der Waals surface area (Å²) < 4.78 is 0. The summed E-state index contributed by atoms with van der Waals surface area (Å²) in [6.45, 7) is 5.62.